The third kappa shape index (κ3) is 5.54. The van der Waals surface area contributed by atoms with Crippen molar-refractivity contribution in [3.63, 3.8) is 0 Å². The highest BCUT2D eigenvalue weighted by Crippen LogP contribution is 2.18. The maximum atomic E-state index is 12.4. The molecule has 3 amide bonds. The summed E-state index contributed by atoms with van der Waals surface area (Å²) < 4.78 is 5.06. The number of nitrogens with one attached hydrogen (secondary N) is 2. The lowest BCUT2D eigenvalue weighted by molar-refractivity contribution is -0.136. The smallest absolute Gasteiger partial charge is 0.313 e. The van der Waals surface area contributed by atoms with Gasteiger partial charge in [0.15, 0.2) is 0 Å². The van der Waals surface area contributed by atoms with Crippen LogP contribution in [-0.4, -0.2) is 54.3 Å². The molecule has 3 rings (SSSR count). The lowest BCUT2D eigenvalue weighted by atomic mass is 9.96. The summed E-state index contributed by atoms with van der Waals surface area (Å²) in [7, 11) is 1.56. The molecule has 0 atom stereocenters. The maximum absolute atomic E-state index is 12.4. The van der Waals surface area contributed by atoms with Gasteiger partial charge >= 0.3 is 11.8 Å². The molecule has 0 saturated carbocycles. The molecule has 1 fully saturated rings. The SMILES string of the molecule is COc1ccc(NC(=O)C(=O)NCC2CCN(C(=O)c3cccnc3)CC2)cc1. The number of aromatic nitrogens is 1. The number of ether oxygens (including phenoxy) is 1. The quantitative estimate of drug-likeness (QED) is 0.749. The van der Waals surface area contributed by atoms with Crippen LogP contribution in [0.15, 0.2) is 48.8 Å². The van der Waals surface area contributed by atoms with E-state index in [0.717, 1.165) is 12.8 Å². The molecule has 1 aliphatic rings. The monoisotopic (exact) mass is 396 g/mol. The second kappa shape index (κ2) is 9.68. The average molecular weight is 396 g/mol. The number of benzene rings is 1. The number of rotatable bonds is 5. The van der Waals surface area contributed by atoms with Gasteiger partial charge in [0.1, 0.15) is 5.75 Å². The first-order chi connectivity index (χ1) is 14.1. The van der Waals surface area contributed by atoms with Gasteiger partial charge in [-0.15, -0.1) is 0 Å². The second-order valence-corrected chi connectivity index (χ2v) is 6.87. The van der Waals surface area contributed by atoms with Gasteiger partial charge < -0.3 is 20.3 Å². The van der Waals surface area contributed by atoms with E-state index >= 15 is 0 Å². The Hall–Kier alpha value is -3.42. The molecule has 1 aromatic carbocycles. The summed E-state index contributed by atoms with van der Waals surface area (Å²) in [6.07, 6.45) is 4.74. The third-order valence-electron chi connectivity index (χ3n) is 4.92. The molecular weight excluding hydrogens is 372 g/mol. The van der Waals surface area contributed by atoms with Crippen LogP contribution in [-0.2, 0) is 9.59 Å². The zero-order valence-electron chi connectivity index (χ0n) is 16.3. The third-order valence-corrected chi connectivity index (χ3v) is 4.92. The number of pyridine rings is 1. The molecule has 29 heavy (non-hydrogen) atoms. The summed E-state index contributed by atoms with van der Waals surface area (Å²) in [6, 6.07) is 10.2. The molecule has 0 bridgehead atoms. The Bertz CT molecular complexity index is 847. The van der Waals surface area contributed by atoms with Gasteiger partial charge in [-0.1, -0.05) is 0 Å². The van der Waals surface area contributed by atoms with Crippen molar-refractivity contribution in [3.8, 4) is 5.75 Å². The number of methoxy groups -OCH3 is 1. The first kappa shape index (κ1) is 20.3. The second-order valence-electron chi connectivity index (χ2n) is 6.87. The van der Waals surface area contributed by atoms with Crippen LogP contribution in [0.1, 0.15) is 23.2 Å². The van der Waals surface area contributed by atoms with E-state index in [1.807, 2.05) is 0 Å². The fourth-order valence-corrected chi connectivity index (χ4v) is 3.19. The Balaban J connectivity index is 1.40. The Kier molecular flexibility index (Phi) is 6.78. The van der Waals surface area contributed by atoms with Crippen LogP contribution in [0.2, 0.25) is 0 Å². The average Bonchev–Trinajstić information content (AvgIpc) is 2.78. The fourth-order valence-electron chi connectivity index (χ4n) is 3.19. The normalized spacial score (nSPS) is 14.2. The Morgan fingerprint density at radius 2 is 1.83 bits per heavy atom. The van der Waals surface area contributed by atoms with E-state index in [4.69, 9.17) is 4.74 Å². The molecule has 8 heteroatoms. The number of hydrogen-bond donors (Lipinski definition) is 2. The lowest BCUT2D eigenvalue weighted by Gasteiger charge is -2.32. The Morgan fingerprint density at radius 1 is 1.10 bits per heavy atom. The van der Waals surface area contributed by atoms with Crippen LogP contribution < -0.4 is 15.4 Å². The number of piperidine rings is 1. The van der Waals surface area contributed by atoms with Gasteiger partial charge in [0.25, 0.3) is 5.91 Å². The molecule has 0 unspecified atom stereocenters. The molecule has 0 spiro atoms. The lowest BCUT2D eigenvalue weighted by Crippen LogP contribution is -2.43. The summed E-state index contributed by atoms with van der Waals surface area (Å²) in [5.41, 5.74) is 1.10. The molecule has 152 valence electrons. The van der Waals surface area contributed by atoms with Crippen LogP contribution in [0, 0.1) is 5.92 Å². The van der Waals surface area contributed by atoms with E-state index in [9.17, 15) is 14.4 Å². The topological polar surface area (TPSA) is 101 Å². The van der Waals surface area contributed by atoms with Gasteiger partial charge in [-0.3, -0.25) is 19.4 Å². The van der Waals surface area contributed by atoms with Crippen LogP contribution in [0.3, 0.4) is 0 Å². The number of anilines is 1. The zero-order chi connectivity index (χ0) is 20.6. The minimum atomic E-state index is -0.709. The number of carbonyl (C=O) groups is 3. The van der Waals surface area contributed by atoms with E-state index in [2.05, 4.69) is 15.6 Å². The molecule has 0 aliphatic carbocycles. The van der Waals surface area contributed by atoms with E-state index < -0.39 is 11.8 Å². The highest BCUT2D eigenvalue weighted by molar-refractivity contribution is 6.39. The highest BCUT2D eigenvalue weighted by Gasteiger charge is 2.24. The molecule has 0 radical (unpaired) electrons. The standard InChI is InChI=1S/C21H24N4O4/c1-29-18-6-4-17(5-7-18)24-20(27)19(26)23-13-15-8-11-25(12-9-15)21(28)16-3-2-10-22-14-16/h2-7,10,14-15H,8-9,11-13H2,1H3,(H,23,26)(H,24,27). The van der Waals surface area contributed by atoms with Crippen molar-refractivity contribution in [1.29, 1.82) is 0 Å². The summed E-state index contributed by atoms with van der Waals surface area (Å²) in [4.78, 5) is 42.3. The van der Waals surface area contributed by atoms with Gasteiger partial charge in [-0.25, -0.2) is 0 Å². The minimum Gasteiger partial charge on any atom is -0.497 e. The van der Waals surface area contributed by atoms with E-state index in [-0.39, 0.29) is 11.8 Å². The van der Waals surface area contributed by atoms with Gasteiger partial charge in [-0.05, 0) is 55.2 Å². The Morgan fingerprint density at radius 3 is 2.45 bits per heavy atom. The van der Waals surface area contributed by atoms with E-state index in [0.29, 0.717) is 36.6 Å². The van der Waals surface area contributed by atoms with Crippen molar-refractivity contribution < 1.29 is 19.1 Å². The van der Waals surface area contributed by atoms with Crippen molar-refractivity contribution in [2.24, 2.45) is 5.92 Å². The van der Waals surface area contributed by atoms with Crippen molar-refractivity contribution >= 4 is 23.4 Å². The van der Waals surface area contributed by atoms with Crippen LogP contribution in [0.5, 0.6) is 5.75 Å². The molecule has 2 N–H and O–H groups in total. The Labute approximate surface area is 169 Å². The number of likely N-dealkylation sites (tertiary alicyclic amines) is 1. The number of carbonyl (C=O) groups excluding carboxylic acids is 3. The fraction of sp³-hybridized carbons (Fsp3) is 0.333. The molecule has 1 aromatic heterocycles. The molecule has 2 aromatic rings. The summed E-state index contributed by atoms with van der Waals surface area (Å²) in [5, 5.41) is 5.24. The molecule has 1 saturated heterocycles. The maximum Gasteiger partial charge on any atom is 0.313 e. The summed E-state index contributed by atoms with van der Waals surface area (Å²) >= 11 is 0. The predicted molar refractivity (Wildman–Crippen MR) is 107 cm³/mol. The van der Waals surface area contributed by atoms with E-state index in [1.54, 1.807) is 60.8 Å². The highest BCUT2D eigenvalue weighted by atomic mass is 16.5. The van der Waals surface area contributed by atoms with Crippen LogP contribution >= 0.6 is 0 Å². The predicted octanol–water partition coefficient (Wildman–Crippen LogP) is 1.70. The molecule has 2 heterocycles. The largest absolute Gasteiger partial charge is 0.497 e. The van der Waals surface area contributed by atoms with Gasteiger partial charge in [0.2, 0.25) is 0 Å². The van der Waals surface area contributed by atoms with Gasteiger partial charge in [0.05, 0.1) is 12.7 Å². The number of nitrogens with zero attached hydrogens (tertiary/aromatic N) is 2. The number of amides is 3. The van der Waals surface area contributed by atoms with Gasteiger partial charge in [-0.2, -0.15) is 0 Å². The minimum absolute atomic E-state index is 0.0283. The first-order valence-corrected chi connectivity index (χ1v) is 9.49. The summed E-state index contributed by atoms with van der Waals surface area (Å²) in [6.45, 7) is 1.64. The van der Waals surface area contributed by atoms with Crippen LogP contribution in [0.4, 0.5) is 5.69 Å². The van der Waals surface area contributed by atoms with Crippen LogP contribution in [0.25, 0.3) is 0 Å². The van der Waals surface area contributed by atoms with Crippen molar-refractivity contribution in [2.45, 2.75) is 12.8 Å². The molecule has 1 aliphatic heterocycles. The van der Waals surface area contributed by atoms with E-state index in [1.165, 1.54) is 0 Å². The van der Waals surface area contributed by atoms with Crippen molar-refractivity contribution in [1.82, 2.24) is 15.2 Å². The zero-order valence-corrected chi connectivity index (χ0v) is 16.3. The van der Waals surface area contributed by atoms with Gasteiger partial charge in [0, 0.05) is 37.7 Å². The number of hydrogen-bond acceptors (Lipinski definition) is 5. The molecule has 8 nitrogen and oxygen atoms in total. The first-order valence-electron chi connectivity index (χ1n) is 9.49. The van der Waals surface area contributed by atoms with Crippen molar-refractivity contribution in [2.75, 3.05) is 32.1 Å². The summed E-state index contributed by atoms with van der Waals surface area (Å²) in [5.74, 6) is -0.514. The molecular formula is C21H24N4O4. The van der Waals surface area contributed by atoms with Crippen molar-refractivity contribution in [3.05, 3.63) is 54.4 Å².